The Morgan fingerprint density at radius 1 is 1.58 bits per heavy atom. The van der Waals surface area contributed by atoms with Crippen molar-refractivity contribution < 1.29 is 14.7 Å². The van der Waals surface area contributed by atoms with Crippen LogP contribution in [0.25, 0.3) is 0 Å². The molecule has 1 aromatic heterocycles. The summed E-state index contributed by atoms with van der Waals surface area (Å²) in [4.78, 5) is 24.0. The number of amides is 2. The van der Waals surface area contributed by atoms with Crippen molar-refractivity contribution in [2.45, 2.75) is 32.9 Å². The SMILES string of the molecule is CCC(C(=O)O)N(C)C(=O)NCc1cn(C)nc1C. The summed E-state index contributed by atoms with van der Waals surface area (Å²) >= 11 is 0. The fourth-order valence-electron chi connectivity index (χ4n) is 1.87. The second-order valence-electron chi connectivity index (χ2n) is 4.45. The normalized spacial score (nSPS) is 12.0. The van der Waals surface area contributed by atoms with Gasteiger partial charge < -0.3 is 15.3 Å². The Balaban J connectivity index is 2.60. The predicted molar refractivity (Wildman–Crippen MR) is 69.7 cm³/mol. The number of likely N-dealkylation sites (N-methyl/N-ethyl adjacent to an activating group) is 1. The van der Waals surface area contributed by atoms with E-state index >= 15 is 0 Å². The van der Waals surface area contributed by atoms with Crippen molar-refractivity contribution in [2.75, 3.05) is 7.05 Å². The van der Waals surface area contributed by atoms with Crippen molar-refractivity contribution in [3.8, 4) is 0 Å². The second kappa shape index (κ2) is 6.21. The number of aliphatic carboxylic acids is 1. The molecule has 1 aromatic rings. The first kappa shape index (κ1) is 15.0. The van der Waals surface area contributed by atoms with Gasteiger partial charge in [0.1, 0.15) is 6.04 Å². The molecule has 1 rings (SSSR count). The quantitative estimate of drug-likeness (QED) is 0.824. The van der Waals surface area contributed by atoms with Crippen molar-refractivity contribution in [3.63, 3.8) is 0 Å². The molecule has 7 heteroatoms. The minimum absolute atomic E-state index is 0.332. The molecule has 2 N–H and O–H groups in total. The topological polar surface area (TPSA) is 87.5 Å². The number of hydrogen-bond donors (Lipinski definition) is 2. The highest BCUT2D eigenvalue weighted by Crippen LogP contribution is 2.06. The molecule has 1 atom stereocenters. The van der Waals surface area contributed by atoms with Gasteiger partial charge in [0.2, 0.25) is 0 Å². The molecule has 0 fully saturated rings. The highest BCUT2D eigenvalue weighted by atomic mass is 16.4. The lowest BCUT2D eigenvalue weighted by Crippen LogP contribution is -2.46. The van der Waals surface area contributed by atoms with Crippen LogP contribution >= 0.6 is 0 Å². The van der Waals surface area contributed by atoms with Crippen LogP contribution in [0.1, 0.15) is 24.6 Å². The molecule has 106 valence electrons. The molecular formula is C12H20N4O3. The monoisotopic (exact) mass is 268 g/mol. The van der Waals surface area contributed by atoms with Crippen LogP contribution < -0.4 is 5.32 Å². The molecule has 1 unspecified atom stereocenters. The molecule has 0 aliphatic heterocycles. The van der Waals surface area contributed by atoms with Crippen LogP contribution in [-0.4, -0.2) is 44.9 Å². The largest absolute Gasteiger partial charge is 0.480 e. The molecule has 0 aliphatic carbocycles. The Bertz CT molecular complexity index is 470. The summed E-state index contributed by atoms with van der Waals surface area (Å²) < 4.78 is 1.67. The fourth-order valence-corrected chi connectivity index (χ4v) is 1.87. The summed E-state index contributed by atoms with van der Waals surface area (Å²) in [6, 6.07) is -1.22. The molecule has 0 spiro atoms. The van der Waals surface area contributed by atoms with Crippen molar-refractivity contribution in [1.29, 1.82) is 0 Å². The van der Waals surface area contributed by atoms with Crippen LogP contribution in [0, 0.1) is 6.92 Å². The van der Waals surface area contributed by atoms with Gasteiger partial charge in [0.15, 0.2) is 0 Å². The summed E-state index contributed by atoms with van der Waals surface area (Å²) in [6.07, 6.45) is 2.19. The summed E-state index contributed by atoms with van der Waals surface area (Å²) in [6.45, 7) is 3.92. The summed E-state index contributed by atoms with van der Waals surface area (Å²) in [5.74, 6) is -1.00. The van der Waals surface area contributed by atoms with Crippen LogP contribution in [0.2, 0.25) is 0 Å². The molecular weight excluding hydrogens is 248 g/mol. The number of aromatic nitrogens is 2. The van der Waals surface area contributed by atoms with Gasteiger partial charge >= 0.3 is 12.0 Å². The third kappa shape index (κ3) is 3.70. The minimum atomic E-state index is -1.00. The van der Waals surface area contributed by atoms with E-state index in [9.17, 15) is 9.59 Å². The first-order chi connectivity index (χ1) is 8.86. The zero-order chi connectivity index (χ0) is 14.6. The fraction of sp³-hybridized carbons (Fsp3) is 0.583. The number of carboxylic acids is 1. The van der Waals surface area contributed by atoms with E-state index in [1.165, 1.54) is 11.9 Å². The molecule has 2 amide bonds. The van der Waals surface area contributed by atoms with Crippen molar-refractivity contribution in [2.24, 2.45) is 7.05 Å². The van der Waals surface area contributed by atoms with E-state index in [0.29, 0.717) is 13.0 Å². The molecule has 0 aromatic carbocycles. The standard InChI is InChI=1S/C12H20N4O3/c1-5-10(11(17)18)16(4)12(19)13-6-9-7-15(3)14-8(9)2/h7,10H,5-6H2,1-4H3,(H,13,19)(H,17,18). The van der Waals surface area contributed by atoms with Gasteiger partial charge in [0.25, 0.3) is 0 Å². The Labute approximate surface area is 112 Å². The van der Waals surface area contributed by atoms with Gasteiger partial charge in [0.05, 0.1) is 5.69 Å². The van der Waals surface area contributed by atoms with Crippen LogP contribution in [0.4, 0.5) is 4.79 Å². The average molecular weight is 268 g/mol. The average Bonchev–Trinajstić information content (AvgIpc) is 2.65. The molecule has 0 aliphatic rings. The van der Waals surface area contributed by atoms with Crippen molar-refractivity contribution >= 4 is 12.0 Å². The van der Waals surface area contributed by atoms with Crippen LogP contribution in [0.15, 0.2) is 6.20 Å². The minimum Gasteiger partial charge on any atom is -0.480 e. The number of urea groups is 1. The van der Waals surface area contributed by atoms with Gasteiger partial charge in [-0.2, -0.15) is 5.10 Å². The number of carbonyl (C=O) groups excluding carboxylic acids is 1. The Hall–Kier alpha value is -2.05. The number of carbonyl (C=O) groups is 2. The summed E-state index contributed by atoms with van der Waals surface area (Å²) in [5, 5.41) is 15.9. The zero-order valence-corrected chi connectivity index (χ0v) is 11.7. The first-order valence-electron chi connectivity index (χ1n) is 6.09. The number of carboxylic acid groups (broad SMARTS) is 1. The van der Waals surface area contributed by atoms with Gasteiger partial charge in [-0.25, -0.2) is 9.59 Å². The first-order valence-corrected chi connectivity index (χ1v) is 6.09. The smallest absolute Gasteiger partial charge is 0.326 e. The van der Waals surface area contributed by atoms with E-state index in [4.69, 9.17) is 5.11 Å². The molecule has 0 saturated heterocycles. The van der Waals surface area contributed by atoms with E-state index in [0.717, 1.165) is 11.3 Å². The number of nitrogens with zero attached hydrogens (tertiary/aromatic N) is 3. The summed E-state index contributed by atoms with van der Waals surface area (Å²) in [5.41, 5.74) is 1.75. The maximum absolute atomic E-state index is 11.9. The van der Waals surface area contributed by atoms with E-state index in [1.54, 1.807) is 11.6 Å². The van der Waals surface area contributed by atoms with Gasteiger partial charge in [-0.1, -0.05) is 6.92 Å². The number of nitrogens with one attached hydrogen (secondary N) is 1. The Kier molecular flexibility index (Phi) is 4.91. The van der Waals surface area contributed by atoms with Gasteiger partial charge in [0, 0.05) is 32.4 Å². The van der Waals surface area contributed by atoms with Gasteiger partial charge in [-0.3, -0.25) is 4.68 Å². The number of aryl methyl sites for hydroxylation is 2. The lowest BCUT2D eigenvalue weighted by molar-refractivity contribution is -0.141. The maximum atomic E-state index is 11.9. The lowest BCUT2D eigenvalue weighted by Gasteiger charge is -2.23. The summed E-state index contributed by atoms with van der Waals surface area (Å²) in [7, 11) is 3.29. The molecule has 7 nitrogen and oxygen atoms in total. The molecule has 0 saturated carbocycles. The highest BCUT2D eigenvalue weighted by molar-refractivity contribution is 5.82. The Morgan fingerprint density at radius 2 is 2.21 bits per heavy atom. The number of rotatable bonds is 5. The second-order valence-corrected chi connectivity index (χ2v) is 4.45. The van der Waals surface area contributed by atoms with E-state index in [-0.39, 0.29) is 0 Å². The zero-order valence-electron chi connectivity index (χ0n) is 11.7. The molecule has 1 heterocycles. The van der Waals surface area contributed by atoms with Crippen LogP contribution in [0.3, 0.4) is 0 Å². The lowest BCUT2D eigenvalue weighted by atomic mass is 10.2. The highest BCUT2D eigenvalue weighted by Gasteiger charge is 2.24. The predicted octanol–water partition coefficient (Wildman–Crippen LogP) is 0.733. The Morgan fingerprint density at radius 3 is 2.63 bits per heavy atom. The number of hydrogen-bond acceptors (Lipinski definition) is 3. The third-order valence-electron chi connectivity index (χ3n) is 3.00. The van der Waals surface area contributed by atoms with Crippen LogP contribution in [0.5, 0.6) is 0 Å². The van der Waals surface area contributed by atoms with Crippen LogP contribution in [-0.2, 0) is 18.4 Å². The van der Waals surface area contributed by atoms with Gasteiger partial charge in [-0.05, 0) is 13.3 Å². The van der Waals surface area contributed by atoms with Crippen molar-refractivity contribution in [1.82, 2.24) is 20.0 Å². The maximum Gasteiger partial charge on any atom is 0.326 e. The van der Waals surface area contributed by atoms with E-state index in [2.05, 4.69) is 10.4 Å². The molecule has 0 radical (unpaired) electrons. The third-order valence-corrected chi connectivity index (χ3v) is 3.00. The van der Waals surface area contributed by atoms with Gasteiger partial charge in [-0.15, -0.1) is 0 Å². The van der Waals surface area contributed by atoms with Crippen molar-refractivity contribution in [3.05, 3.63) is 17.5 Å². The van der Waals surface area contributed by atoms with E-state index < -0.39 is 18.0 Å². The molecule has 19 heavy (non-hydrogen) atoms. The van der Waals surface area contributed by atoms with E-state index in [1.807, 2.05) is 20.2 Å². The molecule has 0 bridgehead atoms.